The van der Waals surface area contributed by atoms with Crippen molar-refractivity contribution >= 4 is 37.8 Å². The zero-order valence-electron chi connectivity index (χ0n) is 16.1. The van der Waals surface area contributed by atoms with Crippen LogP contribution >= 0.6 is 15.9 Å². The average Bonchev–Trinajstić information content (AvgIpc) is 2.71. The number of carbonyl (C=O) groups is 2. The maximum absolute atomic E-state index is 12.4. The number of ether oxygens (including phenoxy) is 2. The Morgan fingerprint density at radius 1 is 0.897 bits per heavy atom. The van der Waals surface area contributed by atoms with Gasteiger partial charge >= 0.3 is 0 Å². The van der Waals surface area contributed by atoms with Gasteiger partial charge in [-0.2, -0.15) is 0 Å². The minimum Gasteiger partial charge on any atom is -0.493 e. The van der Waals surface area contributed by atoms with Crippen LogP contribution in [0, 0.1) is 0 Å². The molecule has 0 fully saturated rings. The van der Waals surface area contributed by atoms with Crippen LogP contribution in [0.15, 0.2) is 45.8 Å². The molecule has 0 aromatic heterocycles. The highest BCUT2D eigenvalue weighted by molar-refractivity contribution is 9.10. The summed E-state index contributed by atoms with van der Waals surface area (Å²) in [5, 5.41) is 0. The molecule has 0 heterocycles. The van der Waals surface area contributed by atoms with Crippen LogP contribution < -0.4 is 20.3 Å². The minimum atomic E-state index is -3.76. The molecule has 0 radical (unpaired) electrons. The lowest BCUT2D eigenvalue weighted by molar-refractivity contribution is 0.0846. The lowest BCUT2D eigenvalue weighted by atomic mass is 10.2. The van der Waals surface area contributed by atoms with Crippen LogP contribution in [-0.4, -0.2) is 52.9 Å². The normalized spacial score (nSPS) is 11.1. The molecule has 156 valence electrons. The largest absolute Gasteiger partial charge is 0.493 e. The van der Waals surface area contributed by atoms with E-state index >= 15 is 0 Å². The first-order valence-corrected chi connectivity index (χ1v) is 10.4. The molecule has 2 N–H and O–H groups in total. The van der Waals surface area contributed by atoms with E-state index in [2.05, 4.69) is 26.8 Å². The summed E-state index contributed by atoms with van der Waals surface area (Å²) >= 11 is 3.17. The number of sulfonamides is 1. The molecule has 2 amide bonds. The summed E-state index contributed by atoms with van der Waals surface area (Å²) in [5.41, 5.74) is 4.82. The molecule has 0 bridgehead atoms. The molecule has 0 aliphatic rings. The SMILES string of the molecule is COc1ccc(C(=O)NNC(=O)c2ccc(Br)c(S(=O)(=O)N(C)C)c2)cc1OC. The van der Waals surface area contributed by atoms with E-state index < -0.39 is 21.8 Å². The number of amides is 2. The first-order valence-electron chi connectivity index (χ1n) is 8.16. The molecule has 0 aliphatic carbocycles. The molecule has 9 nitrogen and oxygen atoms in total. The zero-order chi connectivity index (χ0) is 21.8. The van der Waals surface area contributed by atoms with Crippen molar-refractivity contribution in [1.82, 2.24) is 15.2 Å². The molecule has 0 atom stereocenters. The lowest BCUT2D eigenvalue weighted by Gasteiger charge is -2.14. The molecular formula is C18H20BrN3O6S. The van der Waals surface area contributed by atoms with E-state index in [1.165, 1.54) is 58.6 Å². The molecule has 2 rings (SSSR count). The number of carbonyl (C=O) groups excluding carboxylic acids is 2. The molecule has 0 saturated carbocycles. The molecule has 0 unspecified atom stereocenters. The van der Waals surface area contributed by atoms with Crippen LogP contribution in [0.3, 0.4) is 0 Å². The summed E-state index contributed by atoms with van der Waals surface area (Å²) < 4.78 is 36.3. The van der Waals surface area contributed by atoms with Gasteiger partial charge in [-0.15, -0.1) is 0 Å². The van der Waals surface area contributed by atoms with Crippen LogP contribution in [0.25, 0.3) is 0 Å². The van der Waals surface area contributed by atoms with E-state index in [1.54, 1.807) is 6.07 Å². The van der Waals surface area contributed by atoms with Gasteiger partial charge in [-0.25, -0.2) is 12.7 Å². The Labute approximate surface area is 177 Å². The van der Waals surface area contributed by atoms with E-state index in [4.69, 9.17) is 9.47 Å². The van der Waals surface area contributed by atoms with E-state index in [1.807, 2.05) is 0 Å². The third-order valence-electron chi connectivity index (χ3n) is 3.89. The molecule has 2 aromatic rings. The molecule has 0 saturated heterocycles. The molecule has 29 heavy (non-hydrogen) atoms. The van der Waals surface area contributed by atoms with Crippen molar-refractivity contribution in [3.05, 3.63) is 52.0 Å². The van der Waals surface area contributed by atoms with Gasteiger partial charge in [0.25, 0.3) is 11.8 Å². The van der Waals surface area contributed by atoms with Crippen molar-refractivity contribution in [3.8, 4) is 11.5 Å². The Bertz CT molecular complexity index is 1040. The van der Waals surface area contributed by atoms with Crippen molar-refractivity contribution in [3.63, 3.8) is 0 Å². The highest BCUT2D eigenvalue weighted by Crippen LogP contribution is 2.27. The highest BCUT2D eigenvalue weighted by atomic mass is 79.9. The fourth-order valence-corrected chi connectivity index (χ4v) is 4.12. The second-order valence-corrected chi connectivity index (χ2v) is 8.89. The fraction of sp³-hybridized carbons (Fsp3) is 0.222. The highest BCUT2D eigenvalue weighted by Gasteiger charge is 2.22. The number of methoxy groups -OCH3 is 2. The lowest BCUT2D eigenvalue weighted by Crippen LogP contribution is -2.41. The number of hydrogen-bond acceptors (Lipinski definition) is 6. The van der Waals surface area contributed by atoms with Gasteiger partial charge in [0, 0.05) is 29.7 Å². The third-order valence-corrected chi connectivity index (χ3v) is 6.70. The predicted octanol–water partition coefficient (Wildman–Crippen LogP) is 1.79. The summed E-state index contributed by atoms with van der Waals surface area (Å²) in [6, 6.07) is 8.62. The number of rotatable bonds is 6. The van der Waals surface area contributed by atoms with Gasteiger partial charge in [-0.05, 0) is 52.3 Å². The Morgan fingerprint density at radius 2 is 1.41 bits per heavy atom. The van der Waals surface area contributed by atoms with Crippen molar-refractivity contribution in [1.29, 1.82) is 0 Å². The Morgan fingerprint density at radius 3 is 1.93 bits per heavy atom. The maximum atomic E-state index is 12.4. The first kappa shape index (κ1) is 22.7. The van der Waals surface area contributed by atoms with E-state index in [0.717, 1.165) is 4.31 Å². The van der Waals surface area contributed by atoms with Gasteiger partial charge in [-0.1, -0.05) is 0 Å². The van der Waals surface area contributed by atoms with E-state index in [9.17, 15) is 18.0 Å². The first-order chi connectivity index (χ1) is 13.6. The van der Waals surface area contributed by atoms with Crippen LogP contribution in [0.5, 0.6) is 11.5 Å². The molecule has 11 heteroatoms. The quantitative estimate of drug-likeness (QED) is 0.602. The van der Waals surface area contributed by atoms with Crippen LogP contribution in [0.4, 0.5) is 0 Å². The zero-order valence-corrected chi connectivity index (χ0v) is 18.5. The molecule has 0 aliphatic heterocycles. The summed E-state index contributed by atoms with van der Waals surface area (Å²) in [5.74, 6) is -0.449. The van der Waals surface area contributed by atoms with Crippen molar-refractivity contribution in [2.24, 2.45) is 0 Å². The Hall–Kier alpha value is -2.63. The second kappa shape index (κ2) is 9.25. The van der Waals surface area contributed by atoms with Crippen LogP contribution in [-0.2, 0) is 10.0 Å². The Kier molecular flexibility index (Phi) is 7.22. The van der Waals surface area contributed by atoms with Crippen molar-refractivity contribution in [2.75, 3.05) is 28.3 Å². The molecular weight excluding hydrogens is 466 g/mol. The number of halogens is 1. The van der Waals surface area contributed by atoms with Gasteiger partial charge in [0.2, 0.25) is 10.0 Å². The van der Waals surface area contributed by atoms with Crippen molar-refractivity contribution in [2.45, 2.75) is 4.90 Å². The number of hydrogen-bond donors (Lipinski definition) is 2. The number of hydrazine groups is 1. The van der Waals surface area contributed by atoms with Gasteiger partial charge in [0.1, 0.15) is 0 Å². The minimum absolute atomic E-state index is 0.0567. The van der Waals surface area contributed by atoms with Gasteiger partial charge < -0.3 is 9.47 Å². The smallest absolute Gasteiger partial charge is 0.269 e. The standard InChI is InChI=1S/C18H20BrN3O6S/c1-22(2)29(25,26)16-10-12(5-7-13(16)19)18(24)21-20-17(23)11-6-8-14(27-3)15(9-11)28-4/h5-10H,1-4H3,(H,20,23)(H,21,24). The summed E-state index contributed by atoms with van der Waals surface area (Å²) in [4.78, 5) is 24.6. The van der Waals surface area contributed by atoms with Crippen molar-refractivity contribution < 1.29 is 27.5 Å². The average molecular weight is 486 g/mol. The predicted molar refractivity (Wildman–Crippen MR) is 109 cm³/mol. The second-order valence-electron chi connectivity index (χ2n) is 5.91. The fourth-order valence-electron chi connectivity index (χ4n) is 2.27. The topological polar surface area (TPSA) is 114 Å². The molecule has 2 aromatic carbocycles. The third kappa shape index (κ3) is 5.05. The monoisotopic (exact) mass is 485 g/mol. The van der Waals surface area contributed by atoms with Crippen LogP contribution in [0.2, 0.25) is 0 Å². The number of benzene rings is 2. The van der Waals surface area contributed by atoms with E-state index in [-0.39, 0.29) is 16.0 Å². The summed E-state index contributed by atoms with van der Waals surface area (Å²) in [6.45, 7) is 0. The Balaban J connectivity index is 2.16. The van der Waals surface area contributed by atoms with Gasteiger partial charge in [0.05, 0.1) is 19.1 Å². The maximum Gasteiger partial charge on any atom is 0.269 e. The number of nitrogens with one attached hydrogen (secondary N) is 2. The molecule has 0 spiro atoms. The van der Waals surface area contributed by atoms with E-state index in [0.29, 0.717) is 16.0 Å². The number of nitrogens with zero attached hydrogens (tertiary/aromatic N) is 1. The van der Waals surface area contributed by atoms with Gasteiger partial charge in [-0.3, -0.25) is 20.4 Å². The van der Waals surface area contributed by atoms with Gasteiger partial charge in [0.15, 0.2) is 11.5 Å². The summed E-state index contributed by atoms with van der Waals surface area (Å²) in [6.07, 6.45) is 0. The van der Waals surface area contributed by atoms with Crippen LogP contribution in [0.1, 0.15) is 20.7 Å². The summed E-state index contributed by atoms with van der Waals surface area (Å²) in [7, 11) is 1.93.